The molecule has 1 rings (SSSR count). The molecule has 0 spiro atoms. The Morgan fingerprint density at radius 2 is 2.05 bits per heavy atom. The lowest BCUT2D eigenvalue weighted by molar-refractivity contribution is -0.139. The van der Waals surface area contributed by atoms with Gasteiger partial charge in [-0.2, -0.15) is 0 Å². The maximum absolute atomic E-state index is 11.5. The van der Waals surface area contributed by atoms with Crippen LogP contribution in [-0.4, -0.2) is 24.4 Å². The molecule has 1 aromatic rings. The SMILES string of the molecule is CCOC(=O)CSC(c1ccccc1C)C(N)CC. The first-order chi connectivity index (χ1) is 9.10. The highest BCUT2D eigenvalue weighted by atomic mass is 32.2. The molecule has 0 aliphatic rings. The maximum atomic E-state index is 11.5. The van der Waals surface area contributed by atoms with Crippen molar-refractivity contribution in [3.63, 3.8) is 0 Å². The third kappa shape index (κ3) is 4.88. The first kappa shape index (κ1) is 16.1. The number of rotatable bonds is 7. The highest BCUT2D eigenvalue weighted by Gasteiger charge is 2.21. The number of aryl methyl sites for hydroxylation is 1. The summed E-state index contributed by atoms with van der Waals surface area (Å²) < 4.78 is 4.97. The van der Waals surface area contributed by atoms with Crippen LogP contribution >= 0.6 is 11.8 Å². The highest BCUT2D eigenvalue weighted by molar-refractivity contribution is 8.00. The molecule has 2 atom stereocenters. The molecule has 2 N–H and O–H groups in total. The van der Waals surface area contributed by atoms with E-state index in [0.717, 1.165) is 6.42 Å². The van der Waals surface area contributed by atoms with E-state index in [9.17, 15) is 4.79 Å². The number of thioether (sulfide) groups is 1. The van der Waals surface area contributed by atoms with Gasteiger partial charge in [-0.05, 0) is 31.4 Å². The summed E-state index contributed by atoms with van der Waals surface area (Å²) in [5, 5.41) is 0.135. The molecule has 4 heteroatoms. The molecular formula is C15H23NO2S. The highest BCUT2D eigenvalue weighted by Crippen LogP contribution is 2.34. The van der Waals surface area contributed by atoms with Crippen molar-refractivity contribution in [2.45, 2.75) is 38.5 Å². The lowest BCUT2D eigenvalue weighted by atomic mass is 10.00. The Balaban J connectivity index is 2.79. The summed E-state index contributed by atoms with van der Waals surface area (Å²) in [5.41, 5.74) is 8.63. The molecule has 0 saturated heterocycles. The van der Waals surface area contributed by atoms with Gasteiger partial charge >= 0.3 is 5.97 Å². The molecule has 2 unspecified atom stereocenters. The maximum Gasteiger partial charge on any atom is 0.315 e. The minimum absolute atomic E-state index is 0.0422. The van der Waals surface area contributed by atoms with Gasteiger partial charge in [-0.1, -0.05) is 31.2 Å². The molecule has 0 aliphatic heterocycles. The van der Waals surface area contributed by atoms with Gasteiger partial charge < -0.3 is 10.5 Å². The molecule has 0 saturated carbocycles. The van der Waals surface area contributed by atoms with Crippen LogP contribution in [0.3, 0.4) is 0 Å². The van der Waals surface area contributed by atoms with E-state index in [2.05, 4.69) is 26.0 Å². The van der Waals surface area contributed by atoms with Crippen molar-refractivity contribution in [3.8, 4) is 0 Å². The predicted molar refractivity (Wildman–Crippen MR) is 81.3 cm³/mol. The Bertz CT molecular complexity index is 409. The van der Waals surface area contributed by atoms with Gasteiger partial charge in [0.05, 0.1) is 12.4 Å². The Kier molecular flexibility index (Phi) is 6.95. The molecule has 1 aromatic carbocycles. The standard InChI is InChI=1S/C15H23NO2S/c1-4-13(16)15(19-10-14(17)18-5-2)12-9-7-6-8-11(12)3/h6-9,13,15H,4-5,10,16H2,1-3H3. The summed E-state index contributed by atoms with van der Waals surface area (Å²) in [7, 11) is 0. The fourth-order valence-electron chi connectivity index (χ4n) is 1.92. The number of benzene rings is 1. The van der Waals surface area contributed by atoms with Crippen LogP contribution in [0.2, 0.25) is 0 Å². The molecule has 0 amide bonds. The normalized spacial score (nSPS) is 13.9. The zero-order valence-corrected chi connectivity index (χ0v) is 12.7. The number of esters is 1. The fourth-order valence-corrected chi connectivity index (χ4v) is 3.21. The molecule has 0 heterocycles. The third-order valence-electron chi connectivity index (χ3n) is 3.04. The summed E-state index contributed by atoms with van der Waals surface area (Å²) in [6.07, 6.45) is 0.884. The first-order valence-corrected chi connectivity index (χ1v) is 7.73. The van der Waals surface area contributed by atoms with Crippen LogP contribution in [0, 0.1) is 6.92 Å². The van der Waals surface area contributed by atoms with Gasteiger partial charge in [-0.3, -0.25) is 4.79 Å². The molecule has 3 nitrogen and oxygen atoms in total. The fraction of sp³-hybridized carbons (Fsp3) is 0.533. The van der Waals surface area contributed by atoms with Gasteiger partial charge in [0.25, 0.3) is 0 Å². The van der Waals surface area contributed by atoms with E-state index in [0.29, 0.717) is 12.4 Å². The van der Waals surface area contributed by atoms with Crippen molar-refractivity contribution in [2.75, 3.05) is 12.4 Å². The van der Waals surface area contributed by atoms with Crippen LogP contribution in [0.1, 0.15) is 36.6 Å². The van der Waals surface area contributed by atoms with E-state index < -0.39 is 0 Å². The molecule has 0 bridgehead atoms. The van der Waals surface area contributed by atoms with Gasteiger partial charge in [-0.25, -0.2) is 0 Å². The summed E-state index contributed by atoms with van der Waals surface area (Å²) in [6, 6.07) is 8.25. The van der Waals surface area contributed by atoms with E-state index in [-0.39, 0.29) is 17.3 Å². The number of ether oxygens (including phenoxy) is 1. The minimum Gasteiger partial charge on any atom is -0.465 e. The number of hydrogen-bond donors (Lipinski definition) is 1. The van der Waals surface area contributed by atoms with E-state index in [1.807, 2.05) is 19.1 Å². The Morgan fingerprint density at radius 3 is 2.63 bits per heavy atom. The van der Waals surface area contributed by atoms with E-state index in [1.54, 1.807) is 11.8 Å². The number of nitrogens with two attached hydrogens (primary N) is 1. The average Bonchev–Trinajstić information content (AvgIpc) is 2.40. The number of carbonyl (C=O) groups excluding carboxylic acids is 1. The van der Waals surface area contributed by atoms with E-state index in [1.165, 1.54) is 11.1 Å². The van der Waals surface area contributed by atoms with E-state index in [4.69, 9.17) is 10.5 Å². The monoisotopic (exact) mass is 281 g/mol. The van der Waals surface area contributed by atoms with Crippen molar-refractivity contribution in [1.82, 2.24) is 0 Å². The molecule has 0 aliphatic carbocycles. The third-order valence-corrected chi connectivity index (χ3v) is 4.41. The second-order valence-electron chi connectivity index (χ2n) is 4.47. The molecular weight excluding hydrogens is 258 g/mol. The Morgan fingerprint density at radius 1 is 1.37 bits per heavy atom. The second kappa shape index (κ2) is 8.23. The molecule has 0 aromatic heterocycles. The summed E-state index contributed by atoms with van der Waals surface area (Å²) in [5.74, 6) is 0.176. The largest absolute Gasteiger partial charge is 0.465 e. The van der Waals surface area contributed by atoms with Gasteiger partial charge in [0.2, 0.25) is 0 Å². The number of carbonyl (C=O) groups is 1. The van der Waals surface area contributed by atoms with Gasteiger partial charge in [0.1, 0.15) is 0 Å². The first-order valence-electron chi connectivity index (χ1n) is 6.68. The van der Waals surface area contributed by atoms with Crippen LogP contribution in [0.25, 0.3) is 0 Å². The lowest BCUT2D eigenvalue weighted by Gasteiger charge is -2.24. The average molecular weight is 281 g/mol. The summed E-state index contributed by atoms with van der Waals surface area (Å²) in [4.78, 5) is 11.5. The predicted octanol–water partition coefficient (Wildman–Crippen LogP) is 3.07. The molecule has 0 radical (unpaired) electrons. The van der Waals surface area contributed by atoms with Gasteiger partial charge in [0.15, 0.2) is 0 Å². The number of hydrogen-bond acceptors (Lipinski definition) is 4. The van der Waals surface area contributed by atoms with Crippen LogP contribution in [0.4, 0.5) is 0 Å². The second-order valence-corrected chi connectivity index (χ2v) is 5.60. The van der Waals surface area contributed by atoms with Crippen molar-refractivity contribution in [3.05, 3.63) is 35.4 Å². The van der Waals surface area contributed by atoms with Crippen LogP contribution in [-0.2, 0) is 9.53 Å². The van der Waals surface area contributed by atoms with Crippen molar-refractivity contribution in [1.29, 1.82) is 0 Å². The van der Waals surface area contributed by atoms with Crippen molar-refractivity contribution >= 4 is 17.7 Å². The smallest absolute Gasteiger partial charge is 0.315 e. The lowest BCUT2D eigenvalue weighted by Crippen LogP contribution is -2.27. The zero-order valence-electron chi connectivity index (χ0n) is 11.9. The van der Waals surface area contributed by atoms with Crippen LogP contribution in [0.5, 0.6) is 0 Å². The molecule has 0 fully saturated rings. The molecule has 19 heavy (non-hydrogen) atoms. The Labute approximate surface area is 119 Å². The van der Waals surface area contributed by atoms with Crippen molar-refractivity contribution in [2.24, 2.45) is 5.73 Å². The van der Waals surface area contributed by atoms with Crippen LogP contribution < -0.4 is 5.73 Å². The minimum atomic E-state index is -0.172. The van der Waals surface area contributed by atoms with Crippen molar-refractivity contribution < 1.29 is 9.53 Å². The summed E-state index contributed by atoms with van der Waals surface area (Å²) >= 11 is 1.57. The molecule has 106 valence electrons. The Hall–Kier alpha value is -1.00. The van der Waals surface area contributed by atoms with Gasteiger partial charge in [0, 0.05) is 11.3 Å². The van der Waals surface area contributed by atoms with Crippen LogP contribution in [0.15, 0.2) is 24.3 Å². The topological polar surface area (TPSA) is 52.3 Å². The summed E-state index contributed by atoms with van der Waals surface area (Å²) in [6.45, 7) is 6.39. The quantitative estimate of drug-likeness (QED) is 0.780. The van der Waals surface area contributed by atoms with E-state index >= 15 is 0 Å². The zero-order chi connectivity index (χ0) is 14.3. The van der Waals surface area contributed by atoms with Gasteiger partial charge in [-0.15, -0.1) is 11.8 Å².